The lowest BCUT2D eigenvalue weighted by Crippen LogP contribution is -2.44. The summed E-state index contributed by atoms with van der Waals surface area (Å²) in [6.07, 6.45) is 3.32. The number of hydrogen-bond acceptors (Lipinski definition) is 6. The number of methoxy groups -OCH3 is 1. The fraction of sp³-hybridized carbons (Fsp3) is 0.667. The van der Waals surface area contributed by atoms with Crippen molar-refractivity contribution in [2.45, 2.75) is 24.6 Å². The molecular formula is C12H20N4OS. The molecule has 1 aromatic rings. The van der Waals surface area contributed by atoms with Crippen molar-refractivity contribution in [2.75, 3.05) is 37.1 Å². The Labute approximate surface area is 112 Å². The van der Waals surface area contributed by atoms with Crippen molar-refractivity contribution in [3.8, 4) is 0 Å². The number of anilines is 2. The normalized spacial score (nSPS) is 24.3. The van der Waals surface area contributed by atoms with Gasteiger partial charge in [-0.15, -0.1) is 0 Å². The third-order valence-corrected chi connectivity index (χ3v) is 3.96. The average molecular weight is 268 g/mol. The third kappa shape index (κ3) is 2.87. The van der Waals surface area contributed by atoms with Crippen LogP contribution < -0.4 is 10.6 Å². The van der Waals surface area contributed by atoms with Crippen molar-refractivity contribution >= 4 is 23.4 Å². The number of thioether (sulfide) groups is 1. The second-order valence-electron chi connectivity index (χ2n) is 4.62. The van der Waals surface area contributed by atoms with Gasteiger partial charge in [-0.2, -0.15) is 0 Å². The van der Waals surface area contributed by atoms with Gasteiger partial charge >= 0.3 is 0 Å². The molecule has 0 aromatic carbocycles. The van der Waals surface area contributed by atoms with Crippen LogP contribution >= 0.6 is 11.8 Å². The summed E-state index contributed by atoms with van der Waals surface area (Å²) in [5.74, 6) is 2.02. The van der Waals surface area contributed by atoms with Crippen molar-refractivity contribution in [2.24, 2.45) is 5.92 Å². The van der Waals surface area contributed by atoms with Gasteiger partial charge in [-0.3, -0.25) is 0 Å². The van der Waals surface area contributed by atoms with Crippen LogP contribution in [0.5, 0.6) is 0 Å². The Balaban J connectivity index is 2.18. The maximum atomic E-state index is 5.81. The lowest BCUT2D eigenvalue weighted by Gasteiger charge is -2.36. The Hall–Kier alpha value is -1.01. The molecule has 1 aliphatic heterocycles. The monoisotopic (exact) mass is 268 g/mol. The molecule has 2 rings (SSSR count). The van der Waals surface area contributed by atoms with E-state index in [0.29, 0.717) is 11.7 Å². The zero-order valence-electron chi connectivity index (χ0n) is 11.1. The molecule has 2 heterocycles. The van der Waals surface area contributed by atoms with E-state index in [4.69, 9.17) is 10.5 Å². The molecule has 5 nitrogen and oxygen atoms in total. The van der Waals surface area contributed by atoms with Crippen molar-refractivity contribution in [3.05, 3.63) is 6.07 Å². The minimum absolute atomic E-state index is 0.257. The molecule has 0 saturated carbocycles. The van der Waals surface area contributed by atoms with Crippen LogP contribution in [0, 0.1) is 5.92 Å². The number of nitrogen functional groups attached to an aromatic ring is 1. The topological polar surface area (TPSA) is 64.3 Å². The fourth-order valence-corrected chi connectivity index (χ4v) is 2.61. The van der Waals surface area contributed by atoms with Gasteiger partial charge in [0.15, 0.2) is 5.16 Å². The Bertz CT molecular complexity index is 415. The second-order valence-corrected chi connectivity index (χ2v) is 5.40. The van der Waals surface area contributed by atoms with Gasteiger partial charge in [-0.1, -0.05) is 18.7 Å². The molecule has 6 heteroatoms. The molecule has 0 aliphatic carbocycles. The van der Waals surface area contributed by atoms with Crippen LogP contribution in [0.15, 0.2) is 11.2 Å². The lowest BCUT2D eigenvalue weighted by molar-refractivity contribution is 0.0496. The number of ether oxygens (including phenoxy) is 1. The summed E-state index contributed by atoms with van der Waals surface area (Å²) >= 11 is 1.51. The van der Waals surface area contributed by atoms with Gasteiger partial charge < -0.3 is 15.4 Å². The Kier molecular flexibility index (Phi) is 4.29. The first-order valence-corrected chi connectivity index (χ1v) is 7.32. The van der Waals surface area contributed by atoms with E-state index in [1.54, 1.807) is 7.11 Å². The van der Waals surface area contributed by atoms with Crippen LogP contribution in [-0.4, -0.2) is 42.5 Å². The van der Waals surface area contributed by atoms with Crippen molar-refractivity contribution < 1.29 is 4.74 Å². The maximum absolute atomic E-state index is 5.81. The highest BCUT2D eigenvalue weighted by Gasteiger charge is 2.27. The minimum atomic E-state index is 0.257. The first kappa shape index (κ1) is 13.4. The van der Waals surface area contributed by atoms with E-state index in [-0.39, 0.29) is 6.10 Å². The highest BCUT2D eigenvalue weighted by Crippen LogP contribution is 2.25. The fourth-order valence-electron chi connectivity index (χ4n) is 2.23. The quantitative estimate of drug-likeness (QED) is 0.664. The molecule has 0 amide bonds. The first-order chi connectivity index (χ1) is 8.63. The first-order valence-electron chi connectivity index (χ1n) is 6.10. The number of nitrogens with zero attached hydrogens (tertiary/aromatic N) is 3. The Morgan fingerprint density at radius 3 is 2.94 bits per heavy atom. The zero-order chi connectivity index (χ0) is 13.1. The Morgan fingerprint density at radius 1 is 1.50 bits per heavy atom. The average Bonchev–Trinajstić information content (AvgIpc) is 2.38. The SMILES string of the molecule is COC1CN(c2cc(N)nc(SC)n2)CCC1C. The summed E-state index contributed by atoms with van der Waals surface area (Å²) < 4.78 is 5.52. The summed E-state index contributed by atoms with van der Waals surface area (Å²) in [6.45, 7) is 4.08. The van der Waals surface area contributed by atoms with Crippen molar-refractivity contribution in [1.82, 2.24) is 9.97 Å². The highest BCUT2D eigenvalue weighted by molar-refractivity contribution is 7.98. The van der Waals surface area contributed by atoms with E-state index in [2.05, 4.69) is 21.8 Å². The zero-order valence-corrected chi connectivity index (χ0v) is 11.9. The molecule has 1 aromatic heterocycles. The molecular weight excluding hydrogens is 248 g/mol. The molecule has 2 unspecified atom stereocenters. The summed E-state index contributed by atoms with van der Waals surface area (Å²) in [6, 6.07) is 1.84. The molecule has 100 valence electrons. The van der Waals surface area contributed by atoms with Gasteiger partial charge in [0.05, 0.1) is 6.10 Å². The highest BCUT2D eigenvalue weighted by atomic mass is 32.2. The van der Waals surface area contributed by atoms with E-state index in [9.17, 15) is 0 Å². The predicted octanol–water partition coefficient (Wildman–Crippen LogP) is 1.64. The largest absolute Gasteiger partial charge is 0.383 e. The number of rotatable bonds is 3. The molecule has 0 radical (unpaired) electrons. The van der Waals surface area contributed by atoms with Crippen LogP contribution in [-0.2, 0) is 4.74 Å². The molecule has 0 bridgehead atoms. The van der Waals surface area contributed by atoms with Crippen molar-refractivity contribution in [3.63, 3.8) is 0 Å². The van der Waals surface area contributed by atoms with E-state index in [0.717, 1.165) is 30.5 Å². The van der Waals surface area contributed by atoms with Crippen LogP contribution in [0.2, 0.25) is 0 Å². The molecule has 1 saturated heterocycles. The van der Waals surface area contributed by atoms with E-state index in [1.807, 2.05) is 12.3 Å². The number of nitrogens with two attached hydrogens (primary N) is 1. The summed E-state index contributed by atoms with van der Waals surface area (Å²) in [4.78, 5) is 10.9. The van der Waals surface area contributed by atoms with Crippen LogP contribution in [0.4, 0.5) is 11.6 Å². The molecule has 1 aliphatic rings. The van der Waals surface area contributed by atoms with Gasteiger partial charge in [-0.05, 0) is 18.6 Å². The number of piperidine rings is 1. The van der Waals surface area contributed by atoms with E-state index in [1.165, 1.54) is 11.8 Å². The standard InChI is InChI=1S/C12H20N4OS/c1-8-4-5-16(7-9(8)17-2)11-6-10(13)14-12(15-11)18-3/h6,8-9H,4-5,7H2,1-3H3,(H2,13,14,15). The maximum Gasteiger partial charge on any atom is 0.191 e. The van der Waals surface area contributed by atoms with E-state index < -0.39 is 0 Å². The molecule has 2 atom stereocenters. The molecule has 18 heavy (non-hydrogen) atoms. The number of hydrogen-bond donors (Lipinski definition) is 1. The van der Waals surface area contributed by atoms with E-state index >= 15 is 0 Å². The number of aromatic nitrogens is 2. The van der Waals surface area contributed by atoms with Gasteiger partial charge in [0.2, 0.25) is 0 Å². The molecule has 0 spiro atoms. The second kappa shape index (κ2) is 5.75. The van der Waals surface area contributed by atoms with Gasteiger partial charge in [0.1, 0.15) is 11.6 Å². The van der Waals surface area contributed by atoms with Crippen LogP contribution in [0.3, 0.4) is 0 Å². The summed E-state index contributed by atoms with van der Waals surface area (Å²) in [5, 5.41) is 0.720. The van der Waals surface area contributed by atoms with Crippen LogP contribution in [0.25, 0.3) is 0 Å². The Morgan fingerprint density at radius 2 is 2.28 bits per heavy atom. The lowest BCUT2D eigenvalue weighted by atomic mass is 9.96. The summed E-state index contributed by atoms with van der Waals surface area (Å²) in [7, 11) is 1.77. The molecule has 2 N–H and O–H groups in total. The van der Waals surface area contributed by atoms with Crippen molar-refractivity contribution in [1.29, 1.82) is 0 Å². The van der Waals surface area contributed by atoms with Gasteiger partial charge in [-0.25, -0.2) is 9.97 Å². The smallest absolute Gasteiger partial charge is 0.191 e. The molecule has 1 fully saturated rings. The predicted molar refractivity (Wildman–Crippen MR) is 75.0 cm³/mol. The minimum Gasteiger partial charge on any atom is -0.383 e. The third-order valence-electron chi connectivity index (χ3n) is 3.41. The van der Waals surface area contributed by atoms with Gasteiger partial charge in [0, 0.05) is 26.3 Å². The van der Waals surface area contributed by atoms with Gasteiger partial charge in [0.25, 0.3) is 0 Å². The van der Waals surface area contributed by atoms with Crippen LogP contribution in [0.1, 0.15) is 13.3 Å². The summed E-state index contributed by atoms with van der Waals surface area (Å²) in [5.41, 5.74) is 5.81.